The number of furan rings is 2. The van der Waals surface area contributed by atoms with E-state index in [1.54, 1.807) is 0 Å². The molecule has 0 saturated carbocycles. The van der Waals surface area contributed by atoms with Gasteiger partial charge in [-0.2, -0.15) is 0 Å². The van der Waals surface area contributed by atoms with Gasteiger partial charge < -0.3 is 18.6 Å². The quantitative estimate of drug-likeness (QED) is 0.166. The molecule has 4 nitrogen and oxygen atoms in total. The number of fused-ring (bicyclic) bond motifs is 22. The van der Waals surface area contributed by atoms with Crippen LogP contribution >= 0.6 is 0 Å². The summed E-state index contributed by atoms with van der Waals surface area (Å²) in [5, 5.41) is 8.97. The van der Waals surface area contributed by atoms with Gasteiger partial charge in [-0.05, 0) is 152 Å². The Hall–Kier alpha value is -9.64. The summed E-state index contributed by atoms with van der Waals surface area (Å²) < 4.78 is 13.6. The van der Waals surface area contributed by atoms with E-state index in [9.17, 15) is 0 Å². The molecule has 0 N–H and O–H groups in total. The van der Waals surface area contributed by atoms with E-state index in [0.717, 1.165) is 99.5 Å². The van der Waals surface area contributed by atoms with Crippen LogP contribution in [0.2, 0.25) is 0 Å². The third-order valence-electron chi connectivity index (χ3n) is 15.8. The predicted molar refractivity (Wildman–Crippen MR) is 302 cm³/mol. The number of anilines is 6. The third-order valence-corrected chi connectivity index (χ3v) is 15.8. The lowest BCUT2D eigenvalue weighted by Gasteiger charge is -2.34. The van der Waals surface area contributed by atoms with E-state index in [-0.39, 0.29) is 0 Å². The Morgan fingerprint density at radius 1 is 0.260 bits per heavy atom. The first-order chi connectivity index (χ1) is 36.3. The molecule has 2 heterocycles. The van der Waals surface area contributed by atoms with E-state index in [1.165, 1.54) is 44.5 Å². The molecule has 0 fully saturated rings. The van der Waals surface area contributed by atoms with Gasteiger partial charge in [0, 0.05) is 55.1 Å². The Morgan fingerprint density at radius 2 is 0.603 bits per heavy atom. The van der Waals surface area contributed by atoms with Crippen molar-refractivity contribution in [3.8, 4) is 22.3 Å². The van der Waals surface area contributed by atoms with E-state index in [4.69, 9.17) is 8.83 Å². The van der Waals surface area contributed by atoms with E-state index >= 15 is 0 Å². The monoisotopic (exact) mass is 930 g/mol. The average Bonchev–Trinajstić information content (AvgIpc) is 4.20. The molecule has 340 valence electrons. The van der Waals surface area contributed by atoms with Crippen LogP contribution in [0.3, 0.4) is 0 Å². The Balaban J connectivity index is 1.17. The summed E-state index contributed by atoms with van der Waals surface area (Å²) in [6, 6.07) is 92.9. The van der Waals surface area contributed by atoms with E-state index in [1.807, 2.05) is 0 Å². The number of para-hydroxylation sites is 6. The summed E-state index contributed by atoms with van der Waals surface area (Å²) >= 11 is 0. The van der Waals surface area contributed by atoms with Crippen LogP contribution < -0.4 is 9.80 Å². The molecule has 0 saturated heterocycles. The lowest BCUT2D eigenvalue weighted by Crippen LogP contribution is -2.26. The summed E-state index contributed by atoms with van der Waals surface area (Å²) in [6.45, 7) is 0. The maximum Gasteiger partial charge on any atom is 0.136 e. The van der Waals surface area contributed by atoms with Crippen molar-refractivity contribution in [3.63, 3.8) is 0 Å². The Morgan fingerprint density at radius 3 is 1.00 bits per heavy atom. The fourth-order valence-electron chi connectivity index (χ4n) is 13.0. The minimum Gasteiger partial charge on any atom is -0.456 e. The maximum absolute atomic E-state index is 6.82. The van der Waals surface area contributed by atoms with Crippen molar-refractivity contribution >= 4 is 99.5 Å². The zero-order valence-electron chi connectivity index (χ0n) is 39.5. The SMILES string of the molecule is c1ccc(N(c2ccccc2)c2cc3c(c4ccc5oc6ccccc6c5c24)-c2c(cc(N(c4ccccc4)c4ccccc4)c4c2ccc2oc5ccccc5c24)C32c3ccccc3-c3ccccc32)cc1. The molecule has 16 rings (SSSR count). The first-order valence-electron chi connectivity index (χ1n) is 25.1. The minimum absolute atomic E-state index is 0.747. The van der Waals surface area contributed by atoms with Gasteiger partial charge in [-0.3, -0.25) is 0 Å². The fraction of sp³-hybridized carbons (Fsp3) is 0.0145. The average molecular weight is 931 g/mol. The van der Waals surface area contributed by atoms with E-state index < -0.39 is 5.41 Å². The van der Waals surface area contributed by atoms with Gasteiger partial charge >= 0.3 is 0 Å². The van der Waals surface area contributed by atoms with Gasteiger partial charge in [0.1, 0.15) is 22.3 Å². The van der Waals surface area contributed by atoms with Gasteiger partial charge in [0.25, 0.3) is 0 Å². The van der Waals surface area contributed by atoms with Crippen LogP contribution in [0.25, 0.3) is 87.7 Å². The summed E-state index contributed by atoms with van der Waals surface area (Å²) in [4.78, 5) is 4.93. The van der Waals surface area contributed by atoms with Gasteiger partial charge in [0.05, 0.1) is 16.8 Å². The fourth-order valence-corrected chi connectivity index (χ4v) is 13.0. The summed E-state index contributed by atoms with van der Waals surface area (Å²) in [5.41, 5.74) is 19.1. The highest BCUT2D eigenvalue weighted by Gasteiger charge is 2.54. The number of rotatable bonds is 6. The first kappa shape index (κ1) is 40.1. The van der Waals surface area contributed by atoms with Gasteiger partial charge in [-0.1, -0.05) is 158 Å². The van der Waals surface area contributed by atoms with Crippen LogP contribution in [0, 0.1) is 0 Å². The highest BCUT2D eigenvalue weighted by atomic mass is 16.3. The Labute approximate surface area is 420 Å². The van der Waals surface area contributed by atoms with Gasteiger partial charge in [0.2, 0.25) is 0 Å². The summed E-state index contributed by atoms with van der Waals surface area (Å²) in [6.07, 6.45) is 0. The smallest absolute Gasteiger partial charge is 0.136 e. The van der Waals surface area contributed by atoms with Crippen molar-refractivity contribution in [1.82, 2.24) is 0 Å². The molecule has 4 heteroatoms. The van der Waals surface area contributed by atoms with Crippen LogP contribution in [0.1, 0.15) is 22.3 Å². The summed E-state index contributed by atoms with van der Waals surface area (Å²) in [5.74, 6) is 0. The van der Waals surface area contributed by atoms with Crippen molar-refractivity contribution < 1.29 is 8.83 Å². The molecule has 0 unspecified atom stereocenters. The molecule has 14 aromatic rings. The molecule has 12 aromatic carbocycles. The van der Waals surface area contributed by atoms with Crippen LogP contribution in [-0.4, -0.2) is 0 Å². The number of hydrogen-bond donors (Lipinski definition) is 0. The molecule has 0 atom stereocenters. The van der Waals surface area contributed by atoms with Crippen molar-refractivity contribution in [1.29, 1.82) is 0 Å². The van der Waals surface area contributed by atoms with Gasteiger partial charge in [-0.25, -0.2) is 0 Å². The normalized spacial score (nSPS) is 13.0. The molecule has 0 bridgehead atoms. The molecular formula is C69H42N2O2. The highest BCUT2D eigenvalue weighted by molar-refractivity contribution is 6.31. The van der Waals surface area contributed by atoms with Gasteiger partial charge in [0.15, 0.2) is 0 Å². The molecule has 73 heavy (non-hydrogen) atoms. The molecule has 0 radical (unpaired) electrons. The van der Waals surface area contributed by atoms with Crippen molar-refractivity contribution in [3.05, 3.63) is 277 Å². The zero-order chi connectivity index (χ0) is 47.8. The number of nitrogens with zero attached hydrogens (tertiary/aromatic N) is 2. The van der Waals surface area contributed by atoms with E-state index in [2.05, 4.69) is 265 Å². The number of benzene rings is 12. The Kier molecular flexibility index (Phi) is 8.35. The topological polar surface area (TPSA) is 32.8 Å². The molecular weight excluding hydrogens is 889 g/mol. The Bertz CT molecular complexity index is 4180. The lowest BCUT2D eigenvalue weighted by atomic mass is 9.70. The van der Waals surface area contributed by atoms with E-state index in [0.29, 0.717) is 0 Å². The molecule has 0 aliphatic heterocycles. The second-order valence-corrected chi connectivity index (χ2v) is 19.4. The second-order valence-electron chi connectivity index (χ2n) is 19.4. The van der Waals surface area contributed by atoms with Gasteiger partial charge in [-0.15, -0.1) is 0 Å². The molecule has 2 aliphatic rings. The number of hydrogen-bond acceptors (Lipinski definition) is 4. The summed E-state index contributed by atoms with van der Waals surface area (Å²) in [7, 11) is 0. The van der Waals surface area contributed by atoms with Crippen LogP contribution in [-0.2, 0) is 5.41 Å². The second kappa shape index (κ2) is 15.2. The standard InChI is InChI=1S/C69H42N2O2/c1-5-21-43(22-6-1)70(44-23-7-2-8-24-44)57-41-55-63(51-37-39-61-67(65(51)57)49-31-15-19-35-59(49)72-61)64-52-38-40-62-68(50-32-16-20-36-60(50)73-62)66(52)58(71(45-25-9-3-10-26-45)46-27-11-4-12-28-46)42-56(64)69(55)53-33-17-13-29-47(53)48-30-14-18-34-54(48)69/h1-42H. The molecule has 2 aromatic heterocycles. The van der Waals surface area contributed by atoms with Crippen LogP contribution in [0.5, 0.6) is 0 Å². The third kappa shape index (κ3) is 5.44. The highest BCUT2D eigenvalue weighted by Crippen LogP contribution is 2.68. The van der Waals surface area contributed by atoms with Crippen molar-refractivity contribution in [2.75, 3.05) is 9.80 Å². The molecule has 1 spiro atoms. The predicted octanol–water partition coefficient (Wildman–Crippen LogP) is 19.1. The molecule has 0 amide bonds. The zero-order valence-corrected chi connectivity index (χ0v) is 39.5. The largest absolute Gasteiger partial charge is 0.456 e. The first-order valence-corrected chi connectivity index (χ1v) is 25.1. The lowest BCUT2D eigenvalue weighted by molar-refractivity contribution is 0.669. The van der Waals surface area contributed by atoms with Crippen molar-refractivity contribution in [2.45, 2.75) is 5.41 Å². The minimum atomic E-state index is -0.747. The van der Waals surface area contributed by atoms with Crippen molar-refractivity contribution in [2.24, 2.45) is 0 Å². The molecule has 2 aliphatic carbocycles. The maximum atomic E-state index is 6.82. The van der Waals surface area contributed by atoms with Crippen LogP contribution in [0.15, 0.2) is 264 Å². The van der Waals surface area contributed by atoms with Crippen LogP contribution in [0.4, 0.5) is 34.1 Å².